The Morgan fingerprint density at radius 3 is 2.62 bits per heavy atom. The number of nitrogen functional groups attached to an aromatic ring is 1. The number of anilines is 1. The van der Waals surface area contributed by atoms with Crippen molar-refractivity contribution in [1.29, 1.82) is 0 Å². The lowest BCUT2D eigenvalue weighted by Crippen LogP contribution is -2.34. The standard InChI is InChI=1S/C31H33F3N8/c32-31(33,34)24-8-4-5-20(15-24)18-42-19-23(17-37-42)26(27-16-28(35)38-30-29(27)39-41-40-30)13-14-36-25-11-9-22(10-12-25)21-6-2-1-3-7-21/h1-8,15-17,19,22,25-26,36H,9-14,18H2,(H3,35,38,39,40,41)/t22-,25-,26?. The van der Waals surface area contributed by atoms with Gasteiger partial charge in [-0.3, -0.25) is 4.68 Å². The third-order valence-corrected chi connectivity index (χ3v) is 8.24. The molecule has 1 saturated carbocycles. The van der Waals surface area contributed by atoms with E-state index in [4.69, 9.17) is 5.73 Å². The van der Waals surface area contributed by atoms with E-state index in [1.165, 1.54) is 11.6 Å². The fourth-order valence-electron chi connectivity index (χ4n) is 6.12. The van der Waals surface area contributed by atoms with Crippen LogP contribution >= 0.6 is 0 Å². The van der Waals surface area contributed by atoms with Gasteiger partial charge in [-0.05, 0) is 85.0 Å². The van der Waals surface area contributed by atoms with Crippen LogP contribution in [0.1, 0.15) is 71.8 Å². The van der Waals surface area contributed by atoms with Gasteiger partial charge < -0.3 is 11.1 Å². The first-order valence-electron chi connectivity index (χ1n) is 14.3. The zero-order valence-electron chi connectivity index (χ0n) is 23.1. The molecule has 3 aromatic heterocycles. The van der Waals surface area contributed by atoms with Crippen molar-refractivity contribution in [3.05, 3.63) is 101 Å². The molecular formula is C31H33F3N8. The van der Waals surface area contributed by atoms with Gasteiger partial charge in [-0.1, -0.05) is 47.7 Å². The van der Waals surface area contributed by atoms with E-state index in [9.17, 15) is 13.2 Å². The summed E-state index contributed by atoms with van der Waals surface area (Å²) in [6, 6.07) is 18.3. The molecule has 1 unspecified atom stereocenters. The number of rotatable bonds is 9. The minimum absolute atomic E-state index is 0.119. The number of alkyl halides is 3. The van der Waals surface area contributed by atoms with E-state index in [0.717, 1.165) is 61.9 Å². The molecule has 3 heterocycles. The Morgan fingerprint density at radius 2 is 1.83 bits per heavy atom. The molecule has 0 radical (unpaired) electrons. The summed E-state index contributed by atoms with van der Waals surface area (Å²) in [6.07, 6.45) is 4.57. The van der Waals surface area contributed by atoms with E-state index in [-0.39, 0.29) is 12.5 Å². The average molecular weight is 575 g/mol. The van der Waals surface area contributed by atoms with Gasteiger partial charge in [0.15, 0.2) is 5.65 Å². The van der Waals surface area contributed by atoms with Crippen LogP contribution in [0.25, 0.3) is 11.2 Å². The first-order chi connectivity index (χ1) is 20.3. The lowest BCUT2D eigenvalue weighted by atomic mass is 9.81. The van der Waals surface area contributed by atoms with Crippen molar-refractivity contribution in [2.24, 2.45) is 0 Å². The van der Waals surface area contributed by atoms with Gasteiger partial charge in [0.1, 0.15) is 11.3 Å². The minimum atomic E-state index is -4.39. The Kier molecular flexibility index (Phi) is 7.92. The van der Waals surface area contributed by atoms with Gasteiger partial charge in [-0.2, -0.15) is 18.3 Å². The SMILES string of the molecule is Nc1cc(C(CCN[C@H]2CC[C@H](c3ccccc3)CC2)c2cnn(Cc3cccc(C(F)(F)F)c3)c2)c2nn[nH]c2n1. The predicted octanol–water partition coefficient (Wildman–Crippen LogP) is 6.04. The van der Waals surface area contributed by atoms with Crippen LogP contribution in [0.3, 0.4) is 0 Å². The molecule has 1 atom stereocenters. The van der Waals surface area contributed by atoms with Gasteiger partial charge in [0, 0.05) is 18.2 Å². The number of H-pyrrole nitrogens is 1. The molecule has 6 rings (SSSR count). The van der Waals surface area contributed by atoms with Crippen LogP contribution in [0.5, 0.6) is 0 Å². The molecule has 8 nitrogen and oxygen atoms in total. The summed E-state index contributed by atoms with van der Waals surface area (Å²) in [5.74, 6) is 0.850. The molecule has 5 aromatic rings. The van der Waals surface area contributed by atoms with Gasteiger partial charge >= 0.3 is 6.18 Å². The van der Waals surface area contributed by atoms with Gasteiger partial charge in [-0.25, -0.2) is 10.1 Å². The molecule has 0 amide bonds. The van der Waals surface area contributed by atoms with Crippen LogP contribution in [0, 0.1) is 0 Å². The minimum Gasteiger partial charge on any atom is -0.384 e. The fraction of sp³-hybridized carbons (Fsp3) is 0.355. The topological polar surface area (TPSA) is 110 Å². The summed E-state index contributed by atoms with van der Waals surface area (Å²) in [6.45, 7) is 0.989. The number of pyridine rings is 1. The van der Waals surface area contributed by atoms with E-state index in [2.05, 4.69) is 61.1 Å². The van der Waals surface area contributed by atoms with Crippen LogP contribution in [-0.4, -0.2) is 42.8 Å². The molecule has 42 heavy (non-hydrogen) atoms. The predicted molar refractivity (Wildman–Crippen MR) is 155 cm³/mol. The number of nitrogens with one attached hydrogen (secondary N) is 2. The van der Waals surface area contributed by atoms with E-state index >= 15 is 0 Å². The van der Waals surface area contributed by atoms with E-state index in [1.807, 2.05) is 12.3 Å². The zero-order valence-corrected chi connectivity index (χ0v) is 23.1. The third-order valence-electron chi connectivity index (χ3n) is 8.24. The maximum Gasteiger partial charge on any atom is 0.416 e. The first-order valence-corrected chi connectivity index (χ1v) is 14.3. The second kappa shape index (κ2) is 11.9. The summed E-state index contributed by atoms with van der Waals surface area (Å²) >= 11 is 0. The van der Waals surface area contributed by atoms with Gasteiger partial charge in [0.2, 0.25) is 0 Å². The molecule has 0 aliphatic heterocycles. The van der Waals surface area contributed by atoms with Gasteiger partial charge in [0.05, 0.1) is 18.3 Å². The molecular weight excluding hydrogens is 541 g/mol. The summed E-state index contributed by atoms with van der Waals surface area (Å²) < 4.78 is 41.4. The van der Waals surface area contributed by atoms with E-state index in [0.29, 0.717) is 34.5 Å². The van der Waals surface area contributed by atoms with E-state index < -0.39 is 11.7 Å². The summed E-state index contributed by atoms with van der Waals surface area (Å²) in [5.41, 5.74) is 10.4. The first kappa shape index (κ1) is 27.9. The van der Waals surface area contributed by atoms with Crippen molar-refractivity contribution >= 4 is 17.0 Å². The Bertz CT molecular complexity index is 1620. The van der Waals surface area contributed by atoms with Crippen molar-refractivity contribution in [1.82, 2.24) is 35.5 Å². The van der Waals surface area contributed by atoms with Crippen molar-refractivity contribution in [2.45, 2.75) is 62.7 Å². The number of nitrogens with zero attached hydrogens (tertiary/aromatic N) is 5. The highest BCUT2D eigenvalue weighted by molar-refractivity contribution is 5.77. The molecule has 0 bridgehead atoms. The number of fused-ring (bicyclic) bond motifs is 1. The normalized spacial score (nSPS) is 18.4. The number of hydrogen-bond donors (Lipinski definition) is 3. The Hall–Kier alpha value is -4.25. The highest BCUT2D eigenvalue weighted by Gasteiger charge is 2.30. The molecule has 1 aliphatic rings. The molecule has 1 aliphatic carbocycles. The monoisotopic (exact) mass is 574 g/mol. The van der Waals surface area contributed by atoms with Crippen LogP contribution in [0.4, 0.5) is 19.0 Å². The number of aromatic nitrogens is 6. The molecule has 11 heteroatoms. The Balaban J connectivity index is 1.18. The molecule has 1 fully saturated rings. The van der Waals surface area contributed by atoms with E-state index in [1.54, 1.807) is 16.9 Å². The van der Waals surface area contributed by atoms with Crippen molar-refractivity contribution in [2.75, 3.05) is 12.3 Å². The molecule has 0 saturated heterocycles. The van der Waals surface area contributed by atoms with Crippen LogP contribution in [0.2, 0.25) is 0 Å². The summed E-state index contributed by atoms with van der Waals surface area (Å²) in [5, 5.41) is 19.3. The van der Waals surface area contributed by atoms with Crippen LogP contribution in [-0.2, 0) is 12.7 Å². The fourth-order valence-corrected chi connectivity index (χ4v) is 6.12. The maximum absolute atomic E-state index is 13.2. The lowest BCUT2D eigenvalue weighted by Gasteiger charge is -2.30. The number of nitrogens with two attached hydrogens (primary N) is 1. The highest BCUT2D eigenvalue weighted by atomic mass is 19.4. The van der Waals surface area contributed by atoms with Crippen LogP contribution in [0.15, 0.2) is 73.1 Å². The second-order valence-electron chi connectivity index (χ2n) is 11.1. The van der Waals surface area contributed by atoms with Crippen molar-refractivity contribution in [3.63, 3.8) is 0 Å². The number of aromatic amines is 1. The highest BCUT2D eigenvalue weighted by Crippen LogP contribution is 2.35. The molecule has 4 N–H and O–H groups in total. The largest absolute Gasteiger partial charge is 0.416 e. The van der Waals surface area contributed by atoms with Crippen LogP contribution < -0.4 is 11.1 Å². The van der Waals surface area contributed by atoms with Crippen molar-refractivity contribution < 1.29 is 13.2 Å². The number of hydrogen-bond acceptors (Lipinski definition) is 6. The maximum atomic E-state index is 13.2. The van der Waals surface area contributed by atoms with Crippen molar-refractivity contribution in [3.8, 4) is 0 Å². The average Bonchev–Trinajstić information content (AvgIpc) is 3.65. The lowest BCUT2D eigenvalue weighted by molar-refractivity contribution is -0.137. The van der Waals surface area contributed by atoms with Gasteiger partial charge in [0.25, 0.3) is 0 Å². The summed E-state index contributed by atoms with van der Waals surface area (Å²) in [7, 11) is 0. The number of benzene rings is 2. The Morgan fingerprint density at radius 1 is 1.02 bits per heavy atom. The summed E-state index contributed by atoms with van der Waals surface area (Å²) in [4.78, 5) is 4.32. The molecule has 218 valence electrons. The second-order valence-corrected chi connectivity index (χ2v) is 11.1. The molecule has 2 aromatic carbocycles. The third kappa shape index (κ3) is 6.30. The zero-order chi connectivity index (χ0) is 29.1. The smallest absolute Gasteiger partial charge is 0.384 e. The van der Waals surface area contributed by atoms with Gasteiger partial charge in [-0.15, -0.1) is 5.10 Å². The molecule has 0 spiro atoms. The number of halogens is 3. The quantitative estimate of drug-likeness (QED) is 0.198. The Labute approximate surface area is 241 Å².